The maximum Gasteiger partial charge on any atom is 0.159 e. The molecule has 1 aromatic carbocycles. The Morgan fingerprint density at radius 1 is 1.19 bits per heavy atom. The van der Waals surface area contributed by atoms with E-state index in [1.165, 1.54) is 0 Å². The summed E-state index contributed by atoms with van der Waals surface area (Å²) in [5.41, 5.74) is 7.68. The Balaban J connectivity index is 2.46. The van der Waals surface area contributed by atoms with Crippen molar-refractivity contribution in [1.29, 1.82) is 0 Å². The number of halogens is 1. The van der Waals surface area contributed by atoms with E-state index in [9.17, 15) is 0 Å². The van der Waals surface area contributed by atoms with E-state index in [4.69, 9.17) is 15.2 Å². The molecule has 0 fully saturated rings. The summed E-state index contributed by atoms with van der Waals surface area (Å²) in [6.07, 6.45) is 2.19. The van der Waals surface area contributed by atoms with Crippen LogP contribution in [0.4, 0.5) is 23.0 Å². The molecule has 0 saturated heterocycles. The van der Waals surface area contributed by atoms with Crippen molar-refractivity contribution in [3.05, 3.63) is 22.4 Å². The summed E-state index contributed by atoms with van der Waals surface area (Å²) >= 11 is 3.56. The van der Waals surface area contributed by atoms with E-state index >= 15 is 0 Å². The third-order valence-corrected chi connectivity index (χ3v) is 4.85. The maximum atomic E-state index is 6.44. The first-order valence-corrected chi connectivity index (χ1v) is 9.81. The summed E-state index contributed by atoms with van der Waals surface area (Å²) in [5, 5.41) is 3.30. The lowest BCUT2D eigenvalue weighted by Gasteiger charge is -2.25. The van der Waals surface area contributed by atoms with Gasteiger partial charge in [0.1, 0.15) is 23.0 Å². The number of ether oxygens (including phenoxy) is 2. The van der Waals surface area contributed by atoms with Crippen molar-refractivity contribution in [1.82, 2.24) is 9.97 Å². The lowest BCUT2D eigenvalue weighted by molar-refractivity contribution is 0.395. The number of benzene rings is 1. The smallest absolute Gasteiger partial charge is 0.159 e. The Morgan fingerprint density at radius 2 is 1.93 bits per heavy atom. The van der Waals surface area contributed by atoms with Gasteiger partial charge in [0.15, 0.2) is 11.6 Å². The van der Waals surface area contributed by atoms with E-state index in [0.717, 1.165) is 41.9 Å². The fraction of sp³-hybridized carbons (Fsp3) is 0.474. The Morgan fingerprint density at radius 3 is 2.52 bits per heavy atom. The number of nitrogens with two attached hydrogens (primary N) is 1. The van der Waals surface area contributed by atoms with Crippen LogP contribution in [-0.2, 0) is 0 Å². The molecule has 3 N–H and O–H groups in total. The van der Waals surface area contributed by atoms with Crippen molar-refractivity contribution in [3.8, 4) is 11.5 Å². The normalized spacial score (nSPS) is 10.6. The predicted molar refractivity (Wildman–Crippen MR) is 115 cm³/mol. The minimum Gasteiger partial charge on any atom is -0.497 e. The third-order valence-electron chi connectivity index (χ3n) is 4.23. The van der Waals surface area contributed by atoms with Crippen LogP contribution in [0.5, 0.6) is 11.5 Å². The molecule has 0 amide bonds. The number of nitrogen functional groups attached to an aromatic ring is 1. The van der Waals surface area contributed by atoms with E-state index in [1.807, 2.05) is 13.0 Å². The monoisotopic (exact) mass is 437 g/mol. The van der Waals surface area contributed by atoms with Gasteiger partial charge in [-0.2, -0.15) is 0 Å². The molecule has 0 aliphatic carbocycles. The number of rotatable bonds is 9. The number of hydrogen-bond acceptors (Lipinski definition) is 7. The number of nitrogens with one attached hydrogen (secondary N) is 1. The Labute approximate surface area is 169 Å². The summed E-state index contributed by atoms with van der Waals surface area (Å²) in [6, 6.07) is 3.66. The van der Waals surface area contributed by atoms with Crippen LogP contribution in [-0.4, -0.2) is 37.3 Å². The number of hydrogen-bond donors (Lipinski definition) is 2. The molecule has 0 atom stereocenters. The fourth-order valence-electron chi connectivity index (χ4n) is 2.74. The molecule has 0 aliphatic rings. The van der Waals surface area contributed by atoms with E-state index < -0.39 is 0 Å². The van der Waals surface area contributed by atoms with Gasteiger partial charge in [-0.25, -0.2) is 9.97 Å². The summed E-state index contributed by atoms with van der Waals surface area (Å²) in [5.74, 6) is 3.27. The standard InChI is InChI=1S/C19H28BrN5O2/c1-6-8-9-25(7-2)19-16(21)18(22-12(3)23-19)24-17-14(20)10-13(26-4)11-15(17)27-5/h10-11H,6-9,21H2,1-5H3,(H,22,23,24). The highest BCUT2D eigenvalue weighted by Gasteiger charge is 2.18. The average Bonchev–Trinajstić information content (AvgIpc) is 2.66. The molecule has 2 rings (SSSR count). The van der Waals surface area contributed by atoms with Crippen molar-refractivity contribution < 1.29 is 9.47 Å². The molecule has 0 saturated carbocycles. The topological polar surface area (TPSA) is 85.5 Å². The molecular formula is C19H28BrN5O2. The number of anilines is 4. The van der Waals surface area contributed by atoms with Crippen LogP contribution < -0.4 is 25.4 Å². The van der Waals surface area contributed by atoms with Gasteiger partial charge in [-0.05, 0) is 42.3 Å². The van der Waals surface area contributed by atoms with Crippen LogP contribution >= 0.6 is 15.9 Å². The highest BCUT2D eigenvalue weighted by atomic mass is 79.9. The van der Waals surface area contributed by atoms with Gasteiger partial charge in [0.05, 0.1) is 19.9 Å². The third kappa shape index (κ3) is 4.94. The minimum absolute atomic E-state index is 0.517. The predicted octanol–water partition coefficient (Wildman–Crippen LogP) is 4.52. The largest absolute Gasteiger partial charge is 0.497 e. The van der Waals surface area contributed by atoms with E-state index in [1.54, 1.807) is 20.3 Å². The van der Waals surface area contributed by atoms with Crippen molar-refractivity contribution in [3.63, 3.8) is 0 Å². The number of methoxy groups -OCH3 is 2. The van der Waals surface area contributed by atoms with Gasteiger partial charge in [0.2, 0.25) is 0 Å². The summed E-state index contributed by atoms with van der Waals surface area (Å²) in [7, 11) is 3.22. The van der Waals surface area contributed by atoms with Gasteiger partial charge in [0, 0.05) is 23.6 Å². The molecule has 27 heavy (non-hydrogen) atoms. The van der Waals surface area contributed by atoms with Crippen molar-refractivity contribution in [2.24, 2.45) is 0 Å². The second kappa shape index (κ2) is 9.64. The zero-order valence-corrected chi connectivity index (χ0v) is 18.2. The zero-order chi connectivity index (χ0) is 20.0. The zero-order valence-electron chi connectivity index (χ0n) is 16.6. The Hall–Kier alpha value is -2.22. The van der Waals surface area contributed by atoms with Gasteiger partial charge >= 0.3 is 0 Å². The molecule has 8 heteroatoms. The van der Waals surface area contributed by atoms with Crippen molar-refractivity contribution >= 4 is 38.9 Å². The van der Waals surface area contributed by atoms with E-state index in [2.05, 4.69) is 50.0 Å². The first kappa shape index (κ1) is 21.1. The quantitative estimate of drug-likeness (QED) is 0.596. The lowest BCUT2D eigenvalue weighted by atomic mass is 10.2. The van der Waals surface area contributed by atoms with Crippen molar-refractivity contribution in [2.75, 3.05) is 43.3 Å². The molecule has 0 spiro atoms. The summed E-state index contributed by atoms with van der Waals surface area (Å²) in [4.78, 5) is 11.3. The van der Waals surface area contributed by atoms with Gasteiger partial charge in [-0.15, -0.1) is 0 Å². The lowest BCUT2D eigenvalue weighted by Crippen LogP contribution is -2.26. The minimum atomic E-state index is 0.517. The number of nitrogens with zero attached hydrogens (tertiary/aromatic N) is 3. The summed E-state index contributed by atoms with van der Waals surface area (Å²) < 4.78 is 11.6. The van der Waals surface area contributed by atoms with Gasteiger partial charge < -0.3 is 25.4 Å². The second-order valence-electron chi connectivity index (χ2n) is 6.10. The number of aryl methyl sites for hydroxylation is 1. The molecule has 1 aromatic heterocycles. The maximum absolute atomic E-state index is 6.44. The molecule has 0 radical (unpaired) electrons. The SMILES string of the molecule is CCCCN(CC)c1nc(C)nc(Nc2c(Br)cc(OC)cc2OC)c1N. The highest BCUT2D eigenvalue weighted by Crippen LogP contribution is 2.40. The number of aromatic nitrogens is 2. The highest BCUT2D eigenvalue weighted by molar-refractivity contribution is 9.10. The van der Waals surface area contributed by atoms with Gasteiger partial charge in [-0.3, -0.25) is 0 Å². The summed E-state index contributed by atoms with van der Waals surface area (Å²) in [6.45, 7) is 7.87. The Kier molecular flexibility index (Phi) is 7.53. The molecular weight excluding hydrogens is 410 g/mol. The molecule has 0 aliphatic heterocycles. The number of unbranched alkanes of at least 4 members (excludes halogenated alkanes) is 1. The van der Waals surface area contributed by atoms with Gasteiger partial charge in [0.25, 0.3) is 0 Å². The first-order valence-electron chi connectivity index (χ1n) is 9.02. The molecule has 1 heterocycles. The van der Waals surface area contributed by atoms with Crippen LogP contribution in [0.15, 0.2) is 16.6 Å². The van der Waals surface area contributed by atoms with Crippen LogP contribution in [0.25, 0.3) is 0 Å². The van der Waals surface area contributed by atoms with Crippen LogP contribution in [0, 0.1) is 6.92 Å². The second-order valence-corrected chi connectivity index (χ2v) is 6.96. The van der Waals surface area contributed by atoms with E-state index in [-0.39, 0.29) is 0 Å². The molecule has 148 valence electrons. The molecule has 7 nitrogen and oxygen atoms in total. The van der Waals surface area contributed by atoms with Crippen molar-refractivity contribution in [2.45, 2.75) is 33.6 Å². The molecule has 0 bridgehead atoms. The van der Waals surface area contributed by atoms with Gasteiger partial charge in [-0.1, -0.05) is 13.3 Å². The Bertz CT molecular complexity index is 785. The molecule has 2 aromatic rings. The van der Waals surface area contributed by atoms with Crippen LogP contribution in [0.3, 0.4) is 0 Å². The van der Waals surface area contributed by atoms with E-state index in [0.29, 0.717) is 28.8 Å². The average molecular weight is 438 g/mol. The van der Waals surface area contributed by atoms with Crippen LogP contribution in [0.2, 0.25) is 0 Å². The molecule has 0 unspecified atom stereocenters. The first-order chi connectivity index (χ1) is 12.9. The fourth-order valence-corrected chi connectivity index (χ4v) is 3.26. The van der Waals surface area contributed by atoms with Crippen LogP contribution in [0.1, 0.15) is 32.5 Å².